The highest BCUT2D eigenvalue weighted by atomic mass is 16.5. The number of amides is 4. The van der Waals surface area contributed by atoms with Crippen LogP contribution >= 0.6 is 0 Å². The summed E-state index contributed by atoms with van der Waals surface area (Å²) in [4.78, 5) is 78.7. The van der Waals surface area contributed by atoms with Gasteiger partial charge in [0.1, 0.15) is 5.75 Å². The Balaban J connectivity index is 0.0000140. The molecular weight excluding hydrogens is 684 g/mol. The normalized spacial score (nSPS) is 13.1. The third-order valence-electron chi connectivity index (χ3n) is 8.34. The summed E-state index contributed by atoms with van der Waals surface area (Å²) in [7, 11) is 1.54. The molecule has 0 saturated heterocycles. The van der Waals surface area contributed by atoms with Gasteiger partial charge in [-0.2, -0.15) is 0 Å². The van der Waals surface area contributed by atoms with E-state index >= 15 is 0 Å². The van der Waals surface area contributed by atoms with Crippen molar-refractivity contribution in [1.82, 2.24) is 21.4 Å². The van der Waals surface area contributed by atoms with E-state index in [1.54, 1.807) is 12.1 Å². The predicted octanol–water partition coefficient (Wildman–Crippen LogP) is 3.06. The minimum absolute atomic E-state index is 0. The number of ether oxygens (including phenoxy) is 2. The highest BCUT2D eigenvalue weighted by Crippen LogP contribution is 2.21. The smallest absolute Gasteiger partial charge is 0.243 e. The van der Waals surface area contributed by atoms with Crippen molar-refractivity contribution in [3.63, 3.8) is 0 Å². The molecule has 4 amide bonds. The predicted molar refractivity (Wildman–Crippen MR) is 199 cm³/mol. The molecule has 0 radical (unpaired) electrons. The van der Waals surface area contributed by atoms with E-state index < -0.39 is 53.3 Å². The van der Waals surface area contributed by atoms with Crippen LogP contribution in [0.15, 0.2) is 54.6 Å². The lowest BCUT2D eigenvalue weighted by Crippen LogP contribution is -2.48. The van der Waals surface area contributed by atoms with Crippen molar-refractivity contribution >= 4 is 35.2 Å². The number of hydrogen-bond acceptors (Lipinski definition) is 10. The van der Waals surface area contributed by atoms with E-state index in [0.29, 0.717) is 18.8 Å². The van der Waals surface area contributed by atoms with Crippen molar-refractivity contribution in [3.05, 3.63) is 65.7 Å². The highest BCUT2D eigenvalue weighted by Gasteiger charge is 2.32. The maximum absolute atomic E-state index is 14.0. The van der Waals surface area contributed by atoms with Crippen molar-refractivity contribution in [2.24, 2.45) is 17.8 Å². The summed E-state index contributed by atoms with van der Waals surface area (Å²) in [6, 6.07) is 13.5. The lowest BCUT2D eigenvalue weighted by atomic mass is 9.87. The van der Waals surface area contributed by atoms with Gasteiger partial charge < -0.3 is 30.5 Å². The molecular formula is C39H58N4O10. The Bertz CT molecular complexity index is 1440. The fraction of sp³-hybridized carbons (Fsp3) is 0.538. The van der Waals surface area contributed by atoms with Crippen LogP contribution in [0.25, 0.3) is 0 Å². The molecule has 14 nitrogen and oxygen atoms in total. The van der Waals surface area contributed by atoms with Crippen LogP contribution in [0.3, 0.4) is 0 Å². The molecule has 2 rings (SSSR count). The van der Waals surface area contributed by atoms with Gasteiger partial charge in [0.2, 0.25) is 23.6 Å². The van der Waals surface area contributed by atoms with Crippen molar-refractivity contribution in [2.45, 2.75) is 85.2 Å². The SMILES string of the molecule is C.COCCOCCNC(=O)C(CCC(=O)NO)CC(=O)[C@@H](CC(C)C)NC(=O)[C@@H](CC(=O)[C@@H](Cc1ccccc1)NC(C)=O)Cc1ccc(O)cc1. The van der Waals surface area contributed by atoms with Gasteiger partial charge in [0.05, 0.1) is 31.9 Å². The third-order valence-corrected chi connectivity index (χ3v) is 8.34. The number of hydrogen-bond donors (Lipinski definition) is 6. The first kappa shape index (κ1) is 46.4. The summed E-state index contributed by atoms with van der Waals surface area (Å²) < 4.78 is 10.3. The van der Waals surface area contributed by atoms with Crippen LogP contribution in [0.1, 0.15) is 71.4 Å². The first-order valence-electron chi connectivity index (χ1n) is 17.5. The zero-order valence-corrected chi connectivity index (χ0v) is 30.5. The number of phenols is 1. The van der Waals surface area contributed by atoms with E-state index in [1.165, 1.54) is 31.6 Å². The Morgan fingerprint density at radius 2 is 1.38 bits per heavy atom. The van der Waals surface area contributed by atoms with Crippen molar-refractivity contribution in [3.8, 4) is 5.75 Å². The van der Waals surface area contributed by atoms with E-state index in [1.807, 2.05) is 44.2 Å². The molecule has 0 spiro atoms. The second-order valence-corrected chi connectivity index (χ2v) is 13.2. The van der Waals surface area contributed by atoms with Crippen LogP contribution in [-0.2, 0) is 51.1 Å². The van der Waals surface area contributed by atoms with Gasteiger partial charge in [-0.15, -0.1) is 0 Å². The summed E-state index contributed by atoms with van der Waals surface area (Å²) in [5, 5.41) is 27.1. The van der Waals surface area contributed by atoms with Crippen molar-refractivity contribution < 1.29 is 48.6 Å². The van der Waals surface area contributed by atoms with Gasteiger partial charge in [-0.1, -0.05) is 63.7 Å². The fourth-order valence-electron chi connectivity index (χ4n) is 5.64. The monoisotopic (exact) mass is 742 g/mol. The number of ketones is 2. The van der Waals surface area contributed by atoms with Crippen LogP contribution < -0.4 is 21.4 Å². The van der Waals surface area contributed by atoms with E-state index in [4.69, 9.17) is 14.7 Å². The lowest BCUT2D eigenvalue weighted by Gasteiger charge is -2.26. The molecule has 0 aliphatic rings. The van der Waals surface area contributed by atoms with Gasteiger partial charge >= 0.3 is 0 Å². The molecule has 14 heteroatoms. The molecule has 0 aromatic heterocycles. The maximum atomic E-state index is 14.0. The second-order valence-electron chi connectivity index (χ2n) is 13.2. The zero-order valence-electron chi connectivity index (χ0n) is 30.5. The van der Waals surface area contributed by atoms with Crippen LogP contribution in [-0.4, -0.2) is 91.1 Å². The maximum Gasteiger partial charge on any atom is 0.243 e. The Hall–Kier alpha value is -4.66. The summed E-state index contributed by atoms with van der Waals surface area (Å²) in [6.07, 6.45) is -0.239. The molecule has 0 aliphatic heterocycles. The van der Waals surface area contributed by atoms with Gasteiger partial charge in [0.25, 0.3) is 0 Å². The van der Waals surface area contributed by atoms with Gasteiger partial charge in [0.15, 0.2) is 11.6 Å². The summed E-state index contributed by atoms with van der Waals surface area (Å²) in [5.41, 5.74) is 3.03. The van der Waals surface area contributed by atoms with E-state index in [9.17, 15) is 33.9 Å². The van der Waals surface area contributed by atoms with Crippen molar-refractivity contribution in [2.75, 3.05) is 33.5 Å². The zero-order chi connectivity index (χ0) is 38.5. The molecule has 2 aromatic carbocycles. The van der Waals surface area contributed by atoms with Crippen LogP contribution in [0.4, 0.5) is 0 Å². The molecule has 0 aliphatic carbocycles. The van der Waals surface area contributed by atoms with Gasteiger partial charge in [0, 0.05) is 51.7 Å². The Labute approximate surface area is 312 Å². The van der Waals surface area contributed by atoms with Gasteiger partial charge in [-0.25, -0.2) is 5.48 Å². The Morgan fingerprint density at radius 1 is 0.755 bits per heavy atom. The summed E-state index contributed by atoms with van der Waals surface area (Å²) >= 11 is 0. The first-order valence-corrected chi connectivity index (χ1v) is 17.5. The molecule has 1 unspecified atom stereocenters. The number of carbonyl (C=O) groups excluding carboxylic acids is 6. The average Bonchev–Trinajstić information content (AvgIpc) is 3.11. The molecule has 294 valence electrons. The number of carbonyl (C=O) groups is 6. The molecule has 0 fully saturated rings. The largest absolute Gasteiger partial charge is 0.508 e. The summed E-state index contributed by atoms with van der Waals surface area (Å²) in [6.45, 7) is 6.15. The average molecular weight is 743 g/mol. The molecule has 6 N–H and O–H groups in total. The van der Waals surface area contributed by atoms with Gasteiger partial charge in [-0.05, 0) is 54.9 Å². The Morgan fingerprint density at radius 3 is 1.98 bits per heavy atom. The lowest BCUT2D eigenvalue weighted by molar-refractivity contribution is -0.135. The molecule has 0 saturated carbocycles. The van der Waals surface area contributed by atoms with Crippen LogP contribution in [0, 0.1) is 17.8 Å². The number of benzene rings is 2. The number of Topliss-reactive ketones (excluding diaryl/α,β-unsaturated/α-hetero) is 2. The van der Waals surface area contributed by atoms with E-state index in [2.05, 4.69) is 16.0 Å². The minimum atomic E-state index is -1.01. The van der Waals surface area contributed by atoms with Crippen LogP contribution in [0.5, 0.6) is 5.75 Å². The molecule has 0 bridgehead atoms. The number of nitrogens with one attached hydrogen (secondary N) is 4. The quantitative estimate of drug-likeness (QED) is 0.0498. The summed E-state index contributed by atoms with van der Waals surface area (Å²) in [5.74, 6) is -4.86. The third kappa shape index (κ3) is 18.6. The number of aromatic hydroxyl groups is 1. The van der Waals surface area contributed by atoms with E-state index in [-0.39, 0.29) is 83.0 Å². The first-order chi connectivity index (χ1) is 24.8. The molecule has 4 atom stereocenters. The van der Waals surface area contributed by atoms with Crippen LogP contribution in [0.2, 0.25) is 0 Å². The fourth-order valence-corrected chi connectivity index (χ4v) is 5.64. The number of methoxy groups -OCH3 is 1. The highest BCUT2D eigenvalue weighted by molar-refractivity contribution is 5.95. The minimum Gasteiger partial charge on any atom is -0.508 e. The number of phenolic OH excluding ortho intramolecular Hbond substituents is 1. The standard InChI is InChI=1S/C38H54N4O10.CH4/c1-25(2)20-32(34(45)23-29(12-15-36(47)42-50)37(48)39-16-17-52-19-18-51-4)41-38(49)30(21-28-10-13-31(44)14-11-28)24-35(46)33(40-26(3)43)22-27-8-6-5-7-9-27;/h5-11,13-14,25,29-30,32-33,44,50H,12,15-24H2,1-4H3,(H,39,48)(H,40,43)(H,41,49)(H,42,47);1H4/t29?,30-,32-,33-;/m1./s1. The van der Waals surface area contributed by atoms with Gasteiger partial charge in [-0.3, -0.25) is 34.0 Å². The molecule has 2 aromatic rings. The number of hydroxylamine groups is 1. The van der Waals surface area contributed by atoms with Crippen molar-refractivity contribution in [1.29, 1.82) is 0 Å². The second kappa shape index (κ2) is 25.3. The van der Waals surface area contributed by atoms with E-state index in [0.717, 1.165) is 5.56 Å². The molecule has 53 heavy (non-hydrogen) atoms. The topological polar surface area (TPSA) is 209 Å². The Kier molecular flexibility index (Phi) is 22.2. The molecule has 0 heterocycles. The number of rotatable bonds is 25.